The Kier molecular flexibility index (Phi) is 6.78. The van der Waals surface area contributed by atoms with Crippen molar-refractivity contribution in [2.45, 2.75) is 19.9 Å². The molecular formula is C14H20ClN3O4. The zero-order valence-corrected chi connectivity index (χ0v) is 13.7. The van der Waals surface area contributed by atoms with Crippen LogP contribution in [0.25, 0.3) is 0 Å². The minimum absolute atomic E-state index is 0.0105. The Balaban J connectivity index is 2.69. The average molecular weight is 330 g/mol. The molecular weight excluding hydrogens is 310 g/mol. The van der Waals surface area contributed by atoms with Gasteiger partial charge in [0.05, 0.1) is 31.5 Å². The Labute approximate surface area is 134 Å². The maximum atomic E-state index is 11.9. The van der Waals surface area contributed by atoms with E-state index in [-0.39, 0.29) is 12.6 Å². The molecule has 3 amide bonds. The smallest absolute Gasteiger partial charge is 0.315 e. The van der Waals surface area contributed by atoms with E-state index >= 15 is 0 Å². The summed E-state index contributed by atoms with van der Waals surface area (Å²) in [5, 5.41) is 8.06. The van der Waals surface area contributed by atoms with Crippen molar-refractivity contribution >= 4 is 29.2 Å². The Morgan fingerprint density at radius 3 is 2.36 bits per heavy atom. The Morgan fingerprint density at radius 2 is 1.82 bits per heavy atom. The molecule has 122 valence electrons. The van der Waals surface area contributed by atoms with E-state index in [9.17, 15) is 9.59 Å². The lowest BCUT2D eigenvalue weighted by Gasteiger charge is -2.14. The van der Waals surface area contributed by atoms with E-state index in [1.54, 1.807) is 6.07 Å². The number of carbonyl (C=O) groups excluding carboxylic acids is 2. The number of urea groups is 1. The second-order valence-electron chi connectivity index (χ2n) is 4.72. The molecule has 0 saturated heterocycles. The molecule has 22 heavy (non-hydrogen) atoms. The van der Waals surface area contributed by atoms with Gasteiger partial charge in [-0.3, -0.25) is 4.79 Å². The van der Waals surface area contributed by atoms with Crippen LogP contribution in [0.4, 0.5) is 10.5 Å². The molecule has 0 bridgehead atoms. The first-order chi connectivity index (χ1) is 10.4. The van der Waals surface area contributed by atoms with Gasteiger partial charge in [0.2, 0.25) is 5.91 Å². The highest BCUT2D eigenvalue weighted by Crippen LogP contribution is 2.35. The van der Waals surface area contributed by atoms with Gasteiger partial charge in [-0.1, -0.05) is 11.6 Å². The maximum Gasteiger partial charge on any atom is 0.315 e. The van der Waals surface area contributed by atoms with Crippen LogP contribution < -0.4 is 25.4 Å². The minimum atomic E-state index is -0.411. The lowest BCUT2D eigenvalue weighted by molar-refractivity contribution is -0.115. The van der Waals surface area contributed by atoms with Gasteiger partial charge >= 0.3 is 6.03 Å². The van der Waals surface area contributed by atoms with Crippen molar-refractivity contribution in [1.82, 2.24) is 10.6 Å². The molecule has 0 fully saturated rings. The zero-order valence-electron chi connectivity index (χ0n) is 13.0. The fourth-order valence-corrected chi connectivity index (χ4v) is 1.86. The first-order valence-electron chi connectivity index (χ1n) is 6.63. The quantitative estimate of drug-likeness (QED) is 0.744. The summed E-state index contributed by atoms with van der Waals surface area (Å²) in [6.45, 7) is 3.47. The summed E-state index contributed by atoms with van der Waals surface area (Å²) in [7, 11) is 2.93. The molecule has 1 aromatic rings. The van der Waals surface area contributed by atoms with Gasteiger partial charge in [0, 0.05) is 18.2 Å². The van der Waals surface area contributed by atoms with E-state index in [1.807, 2.05) is 13.8 Å². The van der Waals surface area contributed by atoms with Crippen molar-refractivity contribution in [3.05, 3.63) is 17.2 Å². The van der Waals surface area contributed by atoms with Gasteiger partial charge in [-0.25, -0.2) is 4.79 Å². The number of methoxy groups -OCH3 is 2. The Morgan fingerprint density at radius 1 is 1.18 bits per heavy atom. The monoisotopic (exact) mass is 329 g/mol. The van der Waals surface area contributed by atoms with Crippen LogP contribution in [0.15, 0.2) is 12.1 Å². The molecule has 0 spiro atoms. The second kappa shape index (κ2) is 8.33. The number of anilines is 1. The molecule has 0 aliphatic heterocycles. The summed E-state index contributed by atoms with van der Waals surface area (Å²) in [4.78, 5) is 23.3. The topological polar surface area (TPSA) is 88.7 Å². The summed E-state index contributed by atoms with van der Waals surface area (Å²) >= 11 is 5.98. The third-order valence-corrected chi connectivity index (χ3v) is 2.87. The van der Waals surface area contributed by atoms with Crippen LogP contribution in [0.3, 0.4) is 0 Å². The second-order valence-corrected chi connectivity index (χ2v) is 5.12. The highest BCUT2D eigenvalue weighted by atomic mass is 35.5. The van der Waals surface area contributed by atoms with E-state index in [2.05, 4.69) is 16.0 Å². The van der Waals surface area contributed by atoms with Crippen molar-refractivity contribution in [3.8, 4) is 11.5 Å². The molecule has 8 heteroatoms. The third-order valence-electron chi connectivity index (χ3n) is 2.58. The van der Waals surface area contributed by atoms with Crippen LogP contribution in [-0.4, -0.2) is 38.7 Å². The number of benzene rings is 1. The fourth-order valence-electron chi connectivity index (χ4n) is 1.63. The van der Waals surface area contributed by atoms with Crippen molar-refractivity contribution in [3.63, 3.8) is 0 Å². The molecule has 0 aliphatic carbocycles. The molecule has 0 aliphatic rings. The summed E-state index contributed by atoms with van der Waals surface area (Å²) in [6, 6.07) is 2.66. The Hall–Kier alpha value is -2.15. The number of nitrogens with one attached hydrogen (secondary N) is 3. The average Bonchev–Trinajstić information content (AvgIpc) is 2.45. The standard InChI is InChI=1S/C14H20ClN3O4/c1-8(2)17-14(20)16-7-13(19)18-10-6-11(21-3)9(15)5-12(10)22-4/h5-6,8H,7H2,1-4H3,(H,18,19)(H2,16,17,20). The number of amides is 3. The number of carbonyl (C=O) groups is 2. The van der Waals surface area contributed by atoms with Gasteiger partial charge in [-0.2, -0.15) is 0 Å². The predicted molar refractivity (Wildman–Crippen MR) is 84.9 cm³/mol. The van der Waals surface area contributed by atoms with Gasteiger partial charge in [-0.05, 0) is 13.8 Å². The molecule has 0 atom stereocenters. The molecule has 0 unspecified atom stereocenters. The van der Waals surface area contributed by atoms with Gasteiger partial charge in [-0.15, -0.1) is 0 Å². The summed E-state index contributed by atoms with van der Waals surface area (Å²) in [6.07, 6.45) is 0. The highest BCUT2D eigenvalue weighted by molar-refractivity contribution is 6.32. The van der Waals surface area contributed by atoms with Crippen LogP contribution in [0.5, 0.6) is 11.5 Å². The van der Waals surface area contributed by atoms with E-state index < -0.39 is 11.9 Å². The lowest BCUT2D eigenvalue weighted by Crippen LogP contribution is -2.42. The fraction of sp³-hybridized carbons (Fsp3) is 0.429. The predicted octanol–water partition coefficient (Wildman–Crippen LogP) is 2.00. The first-order valence-corrected chi connectivity index (χ1v) is 7.01. The van der Waals surface area contributed by atoms with Crippen molar-refractivity contribution in [2.24, 2.45) is 0 Å². The van der Waals surface area contributed by atoms with Crippen LogP contribution in [0, 0.1) is 0 Å². The first kappa shape index (κ1) is 17.9. The molecule has 7 nitrogen and oxygen atoms in total. The van der Waals surface area contributed by atoms with Gasteiger partial charge in [0.15, 0.2) is 0 Å². The molecule has 1 rings (SSSR count). The maximum absolute atomic E-state index is 11.9. The van der Waals surface area contributed by atoms with Gasteiger partial charge in [0.1, 0.15) is 11.5 Å². The zero-order chi connectivity index (χ0) is 16.7. The van der Waals surface area contributed by atoms with Crippen molar-refractivity contribution < 1.29 is 19.1 Å². The normalized spacial score (nSPS) is 10.1. The number of ether oxygens (including phenoxy) is 2. The van der Waals surface area contributed by atoms with E-state index in [1.165, 1.54) is 20.3 Å². The number of hydrogen-bond donors (Lipinski definition) is 3. The van der Waals surface area contributed by atoms with E-state index in [0.717, 1.165) is 0 Å². The lowest BCUT2D eigenvalue weighted by atomic mass is 10.2. The van der Waals surface area contributed by atoms with Gasteiger partial charge < -0.3 is 25.4 Å². The van der Waals surface area contributed by atoms with Crippen LogP contribution in [0.1, 0.15) is 13.8 Å². The largest absolute Gasteiger partial charge is 0.495 e. The van der Waals surface area contributed by atoms with Crippen molar-refractivity contribution in [1.29, 1.82) is 0 Å². The summed E-state index contributed by atoms with van der Waals surface area (Å²) in [5.41, 5.74) is 0.403. The van der Waals surface area contributed by atoms with Crippen LogP contribution >= 0.6 is 11.6 Å². The van der Waals surface area contributed by atoms with E-state index in [0.29, 0.717) is 22.2 Å². The third kappa shape index (κ3) is 5.33. The SMILES string of the molecule is COc1cc(NC(=O)CNC(=O)NC(C)C)c(OC)cc1Cl. The summed E-state index contributed by atoms with van der Waals surface area (Å²) in [5.74, 6) is 0.399. The number of halogens is 1. The van der Waals surface area contributed by atoms with Crippen LogP contribution in [-0.2, 0) is 4.79 Å². The Bertz CT molecular complexity index is 549. The minimum Gasteiger partial charge on any atom is -0.495 e. The molecule has 0 aromatic heterocycles. The highest BCUT2D eigenvalue weighted by Gasteiger charge is 2.13. The van der Waals surface area contributed by atoms with Crippen LogP contribution in [0.2, 0.25) is 5.02 Å². The molecule has 1 aromatic carbocycles. The van der Waals surface area contributed by atoms with Crippen molar-refractivity contribution in [2.75, 3.05) is 26.1 Å². The van der Waals surface area contributed by atoms with E-state index in [4.69, 9.17) is 21.1 Å². The molecule has 0 saturated carbocycles. The molecule has 0 heterocycles. The number of hydrogen-bond acceptors (Lipinski definition) is 4. The number of rotatable bonds is 6. The molecule has 0 radical (unpaired) electrons. The van der Waals surface area contributed by atoms with Gasteiger partial charge in [0.25, 0.3) is 0 Å². The molecule has 3 N–H and O–H groups in total. The summed E-state index contributed by atoms with van der Waals surface area (Å²) < 4.78 is 10.2.